The first kappa shape index (κ1) is 21.0. The van der Waals surface area contributed by atoms with Crippen LogP contribution in [0.15, 0.2) is 76.3 Å². The van der Waals surface area contributed by atoms with Crippen molar-refractivity contribution in [3.8, 4) is 10.7 Å². The van der Waals surface area contributed by atoms with Crippen LogP contribution in [0.2, 0.25) is 0 Å². The molecule has 1 atom stereocenters. The molecule has 0 radical (unpaired) electrons. The van der Waals surface area contributed by atoms with Crippen molar-refractivity contribution in [2.24, 2.45) is 0 Å². The third-order valence-corrected chi connectivity index (χ3v) is 6.33. The number of rotatable bonds is 5. The number of allylic oxidation sites excluding steroid dienone is 1. The van der Waals surface area contributed by atoms with Gasteiger partial charge in [0, 0.05) is 11.3 Å². The van der Waals surface area contributed by atoms with Gasteiger partial charge in [0.2, 0.25) is 5.82 Å². The maximum absolute atomic E-state index is 14.3. The standard InChI is InChI=1S/C24H18F2N4O2S/c1-14-20(23-28-22(29-32-23)19-10-5-11-33-19)21(15-7-4-8-17(25)12-15)27-24(31)30(14)13-16-6-2-3-9-18(16)26/h2-12,21H,13H2,1H3,(H,27,31). The van der Waals surface area contributed by atoms with Crippen LogP contribution in [-0.4, -0.2) is 21.1 Å². The van der Waals surface area contributed by atoms with Crippen molar-refractivity contribution in [1.29, 1.82) is 0 Å². The highest BCUT2D eigenvalue weighted by molar-refractivity contribution is 7.13. The number of carbonyl (C=O) groups excluding carboxylic acids is 1. The summed E-state index contributed by atoms with van der Waals surface area (Å²) >= 11 is 1.47. The Morgan fingerprint density at radius 3 is 2.73 bits per heavy atom. The SMILES string of the molecule is CC1=C(c2nc(-c3cccs3)no2)C(c2cccc(F)c2)NC(=O)N1Cc1ccccc1F. The largest absolute Gasteiger partial charge is 0.334 e. The van der Waals surface area contributed by atoms with E-state index in [0.29, 0.717) is 28.2 Å². The normalized spacial score (nSPS) is 16.3. The number of nitrogens with zero attached hydrogens (tertiary/aromatic N) is 3. The van der Waals surface area contributed by atoms with E-state index in [1.54, 1.807) is 37.3 Å². The topological polar surface area (TPSA) is 71.3 Å². The Labute approximate surface area is 192 Å². The van der Waals surface area contributed by atoms with Gasteiger partial charge >= 0.3 is 6.03 Å². The van der Waals surface area contributed by atoms with E-state index in [2.05, 4.69) is 15.5 Å². The van der Waals surface area contributed by atoms with Crippen LogP contribution in [0.3, 0.4) is 0 Å². The maximum Gasteiger partial charge on any atom is 0.322 e. The number of thiophene rings is 1. The molecule has 2 amide bonds. The number of halogens is 2. The summed E-state index contributed by atoms with van der Waals surface area (Å²) in [5.74, 6) is -0.235. The minimum atomic E-state index is -0.721. The lowest BCUT2D eigenvalue weighted by atomic mass is 9.94. The van der Waals surface area contributed by atoms with E-state index in [9.17, 15) is 13.6 Å². The van der Waals surface area contributed by atoms with Gasteiger partial charge in [0.15, 0.2) is 0 Å². The zero-order valence-corrected chi connectivity index (χ0v) is 18.3. The molecule has 4 aromatic rings. The van der Waals surface area contributed by atoms with Crippen molar-refractivity contribution in [3.63, 3.8) is 0 Å². The number of urea groups is 1. The second-order valence-corrected chi connectivity index (χ2v) is 8.46. The lowest BCUT2D eigenvalue weighted by Crippen LogP contribution is -2.45. The molecule has 2 aromatic carbocycles. The number of aromatic nitrogens is 2. The summed E-state index contributed by atoms with van der Waals surface area (Å²) in [6.07, 6.45) is 0. The summed E-state index contributed by atoms with van der Waals surface area (Å²) in [6, 6.07) is 14.8. The number of nitrogens with one attached hydrogen (secondary N) is 1. The first-order chi connectivity index (χ1) is 16.0. The molecular weight excluding hydrogens is 446 g/mol. The third-order valence-electron chi connectivity index (χ3n) is 5.46. The third kappa shape index (κ3) is 4.03. The highest BCUT2D eigenvalue weighted by Gasteiger charge is 2.36. The van der Waals surface area contributed by atoms with E-state index in [1.165, 1.54) is 34.4 Å². The Hall–Kier alpha value is -3.85. The van der Waals surface area contributed by atoms with Gasteiger partial charge in [0.25, 0.3) is 5.89 Å². The molecule has 5 rings (SSSR count). The highest BCUT2D eigenvalue weighted by atomic mass is 32.1. The fraction of sp³-hybridized carbons (Fsp3) is 0.125. The zero-order chi connectivity index (χ0) is 22.9. The maximum atomic E-state index is 14.3. The van der Waals surface area contributed by atoms with Crippen LogP contribution in [0.25, 0.3) is 16.3 Å². The Bertz CT molecular complexity index is 1350. The molecule has 1 aliphatic rings. The molecule has 0 saturated carbocycles. The van der Waals surface area contributed by atoms with Crippen molar-refractivity contribution in [2.45, 2.75) is 19.5 Å². The molecule has 33 heavy (non-hydrogen) atoms. The van der Waals surface area contributed by atoms with Crippen molar-refractivity contribution in [3.05, 3.63) is 100 Å². The van der Waals surface area contributed by atoms with E-state index < -0.39 is 23.7 Å². The summed E-state index contributed by atoms with van der Waals surface area (Å²) in [7, 11) is 0. The first-order valence-electron chi connectivity index (χ1n) is 10.2. The number of hydrogen-bond acceptors (Lipinski definition) is 5. The Kier molecular flexibility index (Phi) is 5.47. The molecule has 0 bridgehead atoms. The molecule has 1 aliphatic heterocycles. The van der Waals surface area contributed by atoms with Crippen molar-refractivity contribution >= 4 is 22.9 Å². The molecule has 3 heterocycles. The minimum Gasteiger partial charge on any atom is -0.334 e. The molecular formula is C24H18F2N4O2S. The van der Waals surface area contributed by atoms with E-state index in [4.69, 9.17) is 4.52 Å². The molecule has 6 nitrogen and oxygen atoms in total. The van der Waals surface area contributed by atoms with Crippen LogP contribution in [0.1, 0.15) is 30.0 Å². The smallest absolute Gasteiger partial charge is 0.322 e. The number of carbonyl (C=O) groups is 1. The molecule has 166 valence electrons. The molecule has 1 N–H and O–H groups in total. The van der Waals surface area contributed by atoms with E-state index in [1.807, 2.05) is 17.5 Å². The molecule has 1 unspecified atom stereocenters. The first-order valence-corrected chi connectivity index (χ1v) is 11.0. The van der Waals surface area contributed by atoms with E-state index in [0.717, 1.165) is 4.88 Å². The van der Waals surface area contributed by atoms with Crippen molar-refractivity contribution in [1.82, 2.24) is 20.4 Å². The average Bonchev–Trinajstić information content (AvgIpc) is 3.49. The second kappa shape index (κ2) is 8.59. The van der Waals surface area contributed by atoms with E-state index >= 15 is 0 Å². The summed E-state index contributed by atoms with van der Waals surface area (Å²) in [6.45, 7) is 1.74. The van der Waals surface area contributed by atoms with E-state index in [-0.39, 0.29) is 12.4 Å². The predicted molar refractivity (Wildman–Crippen MR) is 120 cm³/mol. The predicted octanol–water partition coefficient (Wildman–Crippen LogP) is 5.77. The summed E-state index contributed by atoms with van der Waals surface area (Å²) in [5, 5.41) is 8.87. The Morgan fingerprint density at radius 1 is 1.12 bits per heavy atom. The van der Waals surface area contributed by atoms with Crippen molar-refractivity contribution in [2.75, 3.05) is 0 Å². The van der Waals surface area contributed by atoms with Gasteiger partial charge in [-0.1, -0.05) is 41.6 Å². The lowest BCUT2D eigenvalue weighted by molar-refractivity contribution is 0.202. The zero-order valence-electron chi connectivity index (χ0n) is 17.5. The molecule has 0 aliphatic carbocycles. The van der Waals surface area contributed by atoms with Crippen LogP contribution in [-0.2, 0) is 6.54 Å². The summed E-state index contributed by atoms with van der Waals surface area (Å²) < 4.78 is 33.9. The average molecular weight is 464 g/mol. The Balaban J connectivity index is 1.62. The van der Waals surface area contributed by atoms with Crippen molar-refractivity contribution < 1.29 is 18.1 Å². The number of benzene rings is 2. The number of amides is 2. The summed E-state index contributed by atoms with van der Waals surface area (Å²) in [5.41, 5.74) is 1.92. The van der Waals surface area contributed by atoms with Gasteiger partial charge in [0.05, 0.1) is 23.0 Å². The minimum absolute atomic E-state index is 0.00955. The number of hydrogen-bond donors (Lipinski definition) is 1. The summed E-state index contributed by atoms with van der Waals surface area (Å²) in [4.78, 5) is 19.8. The molecule has 0 saturated heterocycles. The van der Waals surface area contributed by atoms with Gasteiger partial charge < -0.3 is 9.84 Å². The van der Waals surface area contributed by atoms with Crippen LogP contribution in [0, 0.1) is 11.6 Å². The fourth-order valence-corrected chi connectivity index (χ4v) is 4.47. The van der Waals surface area contributed by atoms with Gasteiger partial charge in [0.1, 0.15) is 11.6 Å². The molecule has 0 fully saturated rings. The van der Waals surface area contributed by atoms with Gasteiger partial charge in [-0.15, -0.1) is 11.3 Å². The van der Waals surface area contributed by atoms with Gasteiger partial charge in [-0.3, -0.25) is 4.90 Å². The molecule has 2 aromatic heterocycles. The molecule has 0 spiro atoms. The van der Waals surface area contributed by atoms with Gasteiger partial charge in [-0.2, -0.15) is 4.98 Å². The van der Waals surface area contributed by atoms with Gasteiger partial charge in [-0.05, 0) is 42.1 Å². The quantitative estimate of drug-likeness (QED) is 0.407. The second-order valence-electron chi connectivity index (χ2n) is 7.51. The molecule has 9 heteroatoms. The van der Waals surface area contributed by atoms with Crippen LogP contribution in [0.5, 0.6) is 0 Å². The fourth-order valence-electron chi connectivity index (χ4n) is 3.82. The highest BCUT2D eigenvalue weighted by Crippen LogP contribution is 2.38. The van der Waals surface area contributed by atoms with Crippen LogP contribution >= 0.6 is 11.3 Å². The lowest BCUT2D eigenvalue weighted by Gasteiger charge is -2.35. The van der Waals surface area contributed by atoms with Crippen LogP contribution in [0.4, 0.5) is 13.6 Å². The van der Waals surface area contributed by atoms with Gasteiger partial charge in [-0.25, -0.2) is 13.6 Å². The monoisotopic (exact) mass is 464 g/mol. The van der Waals surface area contributed by atoms with Crippen LogP contribution < -0.4 is 5.32 Å². The Morgan fingerprint density at radius 2 is 1.97 bits per heavy atom.